The van der Waals surface area contributed by atoms with E-state index in [-0.39, 0.29) is 17.9 Å². The second kappa shape index (κ2) is 6.83. The molecule has 0 saturated carbocycles. The van der Waals surface area contributed by atoms with Gasteiger partial charge in [0, 0.05) is 29.9 Å². The second-order valence-electron chi connectivity index (χ2n) is 6.61. The minimum absolute atomic E-state index is 0.0886. The van der Waals surface area contributed by atoms with Crippen LogP contribution in [0.15, 0.2) is 54.9 Å². The van der Waals surface area contributed by atoms with Crippen LogP contribution in [0, 0.1) is 11.6 Å². The van der Waals surface area contributed by atoms with Crippen LogP contribution in [0.25, 0.3) is 10.8 Å². The predicted molar refractivity (Wildman–Crippen MR) is 95.5 cm³/mol. The van der Waals surface area contributed by atoms with E-state index in [0.29, 0.717) is 13.0 Å². The molecular formula is C21H18F2N2O. The van der Waals surface area contributed by atoms with E-state index in [0.717, 1.165) is 34.9 Å². The van der Waals surface area contributed by atoms with Crippen molar-refractivity contribution in [2.45, 2.75) is 25.3 Å². The van der Waals surface area contributed by atoms with Crippen LogP contribution in [-0.4, -0.2) is 22.3 Å². The van der Waals surface area contributed by atoms with Gasteiger partial charge in [0.05, 0.1) is 12.5 Å². The standard InChI is InChI=1S/C21H18F2N2O/c22-16-7-8-19(23)18(11-16)20-6-3-9-25(20)21(26)10-15-13-24-12-14-4-1-2-5-17(14)15/h1-2,4-5,7-8,11-13,20H,3,6,9-10H2. The fourth-order valence-electron chi connectivity index (χ4n) is 3.74. The topological polar surface area (TPSA) is 33.2 Å². The molecule has 1 atom stereocenters. The zero-order valence-electron chi connectivity index (χ0n) is 14.2. The lowest BCUT2D eigenvalue weighted by molar-refractivity contribution is -0.131. The van der Waals surface area contributed by atoms with Gasteiger partial charge in [-0.2, -0.15) is 0 Å². The monoisotopic (exact) mass is 352 g/mol. The van der Waals surface area contributed by atoms with Crippen molar-refractivity contribution in [3.05, 3.63) is 77.6 Å². The minimum Gasteiger partial charge on any atom is -0.335 e. The maximum absolute atomic E-state index is 14.2. The Balaban J connectivity index is 1.62. The average molecular weight is 352 g/mol. The number of hydrogen-bond donors (Lipinski definition) is 0. The molecule has 1 aromatic heterocycles. The third-order valence-corrected chi connectivity index (χ3v) is 4.98. The molecule has 3 aromatic rings. The van der Waals surface area contributed by atoms with Gasteiger partial charge in [-0.1, -0.05) is 24.3 Å². The Morgan fingerprint density at radius 1 is 1.15 bits per heavy atom. The number of carbonyl (C=O) groups is 1. The molecule has 3 nitrogen and oxygen atoms in total. The largest absolute Gasteiger partial charge is 0.335 e. The quantitative estimate of drug-likeness (QED) is 0.699. The number of halogens is 2. The van der Waals surface area contributed by atoms with Crippen molar-refractivity contribution < 1.29 is 13.6 Å². The lowest BCUT2D eigenvalue weighted by Gasteiger charge is -2.25. The van der Waals surface area contributed by atoms with Crippen molar-refractivity contribution in [1.29, 1.82) is 0 Å². The normalized spacial score (nSPS) is 17.0. The van der Waals surface area contributed by atoms with E-state index in [2.05, 4.69) is 4.98 Å². The zero-order valence-corrected chi connectivity index (χ0v) is 14.2. The van der Waals surface area contributed by atoms with Crippen LogP contribution in [0.3, 0.4) is 0 Å². The minimum atomic E-state index is -0.487. The van der Waals surface area contributed by atoms with Crippen molar-refractivity contribution in [2.24, 2.45) is 0 Å². The highest BCUT2D eigenvalue weighted by Crippen LogP contribution is 2.34. The van der Waals surface area contributed by atoms with Crippen LogP contribution in [0.4, 0.5) is 8.78 Å². The number of hydrogen-bond acceptors (Lipinski definition) is 2. The summed E-state index contributed by atoms with van der Waals surface area (Å²) in [5, 5.41) is 1.97. The summed E-state index contributed by atoms with van der Waals surface area (Å²) in [6.07, 6.45) is 5.08. The molecule has 1 amide bonds. The number of carbonyl (C=O) groups excluding carboxylic acids is 1. The Bertz CT molecular complexity index is 968. The Hall–Kier alpha value is -2.82. The summed E-state index contributed by atoms with van der Waals surface area (Å²) < 4.78 is 27.8. The SMILES string of the molecule is O=C(Cc1cncc2ccccc12)N1CCCC1c1cc(F)ccc1F. The van der Waals surface area contributed by atoms with Gasteiger partial charge in [-0.15, -0.1) is 0 Å². The van der Waals surface area contributed by atoms with Gasteiger partial charge in [0.15, 0.2) is 0 Å². The van der Waals surface area contributed by atoms with Gasteiger partial charge < -0.3 is 4.90 Å². The van der Waals surface area contributed by atoms with Gasteiger partial charge in [0.2, 0.25) is 5.91 Å². The fourth-order valence-corrected chi connectivity index (χ4v) is 3.74. The smallest absolute Gasteiger partial charge is 0.227 e. The molecule has 2 heterocycles. The Morgan fingerprint density at radius 3 is 2.88 bits per heavy atom. The molecule has 26 heavy (non-hydrogen) atoms. The summed E-state index contributed by atoms with van der Waals surface area (Å²) >= 11 is 0. The number of rotatable bonds is 3. The Morgan fingerprint density at radius 2 is 2.00 bits per heavy atom. The number of pyridine rings is 1. The van der Waals surface area contributed by atoms with Gasteiger partial charge in [-0.3, -0.25) is 9.78 Å². The number of fused-ring (bicyclic) bond motifs is 1. The number of amides is 1. The van der Waals surface area contributed by atoms with E-state index < -0.39 is 17.7 Å². The molecule has 1 fully saturated rings. The zero-order chi connectivity index (χ0) is 18.1. The molecule has 1 aliphatic heterocycles. The van der Waals surface area contributed by atoms with E-state index in [4.69, 9.17) is 0 Å². The second-order valence-corrected chi connectivity index (χ2v) is 6.61. The molecule has 0 spiro atoms. The van der Waals surface area contributed by atoms with Crippen molar-refractivity contribution >= 4 is 16.7 Å². The molecule has 1 aliphatic rings. The van der Waals surface area contributed by atoms with Crippen LogP contribution < -0.4 is 0 Å². The molecule has 0 radical (unpaired) electrons. The third kappa shape index (κ3) is 3.05. The highest BCUT2D eigenvalue weighted by atomic mass is 19.1. The molecule has 1 unspecified atom stereocenters. The molecule has 1 saturated heterocycles. The van der Waals surface area contributed by atoms with Gasteiger partial charge >= 0.3 is 0 Å². The van der Waals surface area contributed by atoms with Gasteiger partial charge in [0.25, 0.3) is 0 Å². The molecular weight excluding hydrogens is 334 g/mol. The van der Waals surface area contributed by atoms with E-state index in [1.807, 2.05) is 24.3 Å². The summed E-state index contributed by atoms with van der Waals surface area (Å²) in [4.78, 5) is 18.8. The highest BCUT2D eigenvalue weighted by Gasteiger charge is 2.32. The van der Waals surface area contributed by atoms with Crippen LogP contribution in [0.2, 0.25) is 0 Å². The van der Waals surface area contributed by atoms with Gasteiger partial charge in [-0.05, 0) is 42.0 Å². The van der Waals surface area contributed by atoms with Crippen LogP contribution >= 0.6 is 0 Å². The van der Waals surface area contributed by atoms with E-state index in [9.17, 15) is 13.6 Å². The van der Waals surface area contributed by atoms with Crippen molar-refractivity contribution in [3.8, 4) is 0 Å². The maximum Gasteiger partial charge on any atom is 0.227 e. The highest BCUT2D eigenvalue weighted by molar-refractivity contribution is 5.89. The lowest BCUT2D eigenvalue weighted by Crippen LogP contribution is -2.32. The van der Waals surface area contributed by atoms with Crippen molar-refractivity contribution in [3.63, 3.8) is 0 Å². The van der Waals surface area contributed by atoms with Crippen molar-refractivity contribution in [1.82, 2.24) is 9.88 Å². The molecule has 4 rings (SSSR count). The first kappa shape index (κ1) is 16.6. The van der Waals surface area contributed by atoms with Crippen LogP contribution in [0.1, 0.15) is 30.0 Å². The molecule has 132 valence electrons. The molecule has 0 N–H and O–H groups in total. The van der Waals surface area contributed by atoms with Crippen LogP contribution in [-0.2, 0) is 11.2 Å². The third-order valence-electron chi connectivity index (χ3n) is 4.98. The molecule has 2 aromatic carbocycles. The summed E-state index contributed by atoms with van der Waals surface area (Å²) in [6, 6.07) is 10.8. The number of benzene rings is 2. The fraction of sp³-hybridized carbons (Fsp3) is 0.238. The first-order chi connectivity index (χ1) is 12.6. The van der Waals surface area contributed by atoms with Gasteiger partial charge in [-0.25, -0.2) is 8.78 Å². The average Bonchev–Trinajstić information content (AvgIpc) is 3.14. The Kier molecular flexibility index (Phi) is 4.37. The first-order valence-corrected chi connectivity index (χ1v) is 8.69. The summed E-state index contributed by atoms with van der Waals surface area (Å²) in [7, 11) is 0. The van der Waals surface area contributed by atoms with E-state index >= 15 is 0 Å². The summed E-state index contributed by atoms with van der Waals surface area (Å²) in [5.74, 6) is -1.05. The summed E-state index contributed by atoms with van der Waals surface area (Å²) in [6.45, 7) is 0.553. The van der Waals surface area contributed by atoms with E-state index in [1.165, 1.54) is 6.07 Å². The van der Waals surface area contributed by atoms with Crippen LogP contribution in [0.5, 0.6) is 0 Å². The van der Waals surface area contributed by atoms with Gasteiger partial charge in [0.1, 0.15) is 11.6 Å². The number of aromatic nitrogens is 1. The summed E-state index contributed by atoms with van der Waals surface area (Å²) in [5.41, 5.74) is 1.10. The molecule has 5 heteroatoms. The molecule has 0 aliphatic carbocycles. The molecule has 0 bridgehead atoms. The maximum atomic E-state index is 14.2. The Labute approximate surface area is 150 Å². The number of nitrogens with zero attached hydrogens (tertiary/aromatic N) is 2. The van der Waals surface area contributed by atoms with Crippen molar-refractivity contribution in [2.75, 3.05) is 6.54 Å². The predicted octanol–water partition coefficient (Wildman–Crippen LogP) is 4.42. The number of likely N-dealkylation sites (tertiary alicyclic amines) is 1. The van der Waals surface area contributed by atoms with E-state index in [1.54, 1.807) is 17.3 Å². The first-order valence-electron chi connectivity index (χ1n) is 8.69. The lowest BCUT2D eigenvalue weighted by atomic mass is 10.0.